The number of aromatic nitrogens is 3. The Morgan fingerprint density at radius 1 is 1.19 bits per heavy atom. The molecule has 0 unspecified atom stereocenters. The van der Waals surface area contributed by atoms with Crippen molar-refractivity contribution >= 4 is 23.6 Å². The van der Waals surface area contributed by atoms with Crippen LogP contribution >= 0.6 is 0 Å². The highest BCUT2D eigenvalue weighted by Gasteiger charge is 2.42. The van der Waals surface area contributed by atoms with Crippen molar-refractivity contribution in [1.82, 2.24) is 20.3 Å². The van der Waals surface area contributed by atoms with Gasteiger partial charge in [0.25, 0.3) is 5.91 Å². The highest BCUT2D eigenvalue weighted by atomic mass is 19.4. The molecule has 5 rings (SSSR count). The number of piperidine rings is 1. The van der Waals surface area contributed by atoms with Crippen LogP contribution in [0.1, 0.15) is 48.2 Å². The number of nitrogens with zero attached hydrogens (tertiary/aromatic N) is 4. The van der Waals surface area contributed by atoms with Gasteiger partial charge in [0.1, 0.15) is 17.6 Å². The van der Waals surface area contributed by atoms with E-state index >= 15 is 0 Å². The van der Waals surface area contributed by atoms with Gasteiger partial charge in [-0.1, -0.05) is 0 Å². The third-order valence-corrected chi connectivity index (χ3v) is 6.93. The molecule has 0 aliphatic carbocycles. The van der Waals surface area contributed by atoms with Gasteiger partial charge in [0.15, 0.2) is 0 Å². The monoisotopic (exact) mass is 505 g/mol. The second kappa shape index (κ2) is 9.43. The summed E-state index contributed by atoms with van der Waals surface area (Å²) >= 11 is 0. The van der Waals surface area contributed by atoms with Gasteiger partial charge in [-0.25, -0.2) is 9.97 Å². The molecule has 36 heavy (non-hydrogen) atoms. The molecular weight excluding hydrogens is 479 g/mol. The van der Waals surface area contributed by atoms with Crippen molar-refractivity contribution in [3.05, 3.63) is 35.7 Å². The molecule has 192 valence electrons. The lowest BCUT2D eigenvalue weighted by Crippen LogP contribution is -2.45. The lowest BCUT2D eigenvalue weighted by molar-refractivity contribution is -0.137. The normalized spacial score (nSPS) is 25.5. The van der Waals surface area contributed by atoms with Crippen molar-refractivity contribution in [1.29, 1.82) is 0 Å². The smallest absolute Gasteiger partial charge is 0.417 e. The summed E-state index contributed by atoms with van der Waals surface area (Å²) in [4.78, 5) is 38.8. The molecule has 2 bridgehead atoms. The summed E-state index contributed by atoms with van der Waals surface area (Å²) in [6.07, 6.45) is 0.309. The Labute approximate surface area is 204 Å². The summed E-state index contributed by atoms with van der Waals surface area (Å²) in [5.41, 5.74) is 4.76. The number of pyridine rings is 1. The Morgan fingerprint density at radius 3 is 2.53 bits per heavy atom. The topological polar surface area (TPSA) is 135 Å². The van der Waals surface area contributed by atoms with E-state index in [1.165, 1.54) is 12.1 Å². The Balaban J connectivity index is 1.26. The zero-order chi connectivity index (χ0) is 25.4. The number of primary amides is 1. The highest BCUT2D eigenvalue weighted by molar-refractivity contribution is 5.92. The largest absolute Gasteiger partial charge is 0.477 e. The minimum absolute atomic E-state index is 0.0686. The molecule has 3 saturated heterocycles. The van der Waals surface area contributed by atoms with E-state index in [9.17, 15) is 22.8 Å². The maximum atomic E-state index is 12.7. The summed E-state index contributed by atoms with van der Waals surface area (Å²) in [5.74, 6) is 0.290. The van der Waals surface area contributed by atoms with Crippen LogP contribution in [0.15, 0.2) is 24.4 Å². The van der Waals surface area contributed by atoms with E-state index in [2.05, 4.69) is 30.5 Å². The van der Waals surface area contributed by atoms with Gasteiger partial charge >= 0.3 is 6.18 Å². The van der Waals surface area contributed by atoms with E-state index in [1.807, 2.05) is 0 Å². The van der Waals surface area contributed by atoms with Gasteiger partial charge in [-0.3, -0.25) is 9.59 Å². The van der Waals surface area contributed by atoms with Crippen LogP contribution in [0.4, 0.5) is 24.9 Å². The zero-order valence-corrected chi connectivity index (χ0v) is 19.3. The van der Waals surface area contributed by atoms with Crippen LogP contribution in [0, 0.1) is 5.92 Å². The highest BCUT2D eigenvalue weighted by Crippen LogP contribution is 2.41. The van der Waals surface area contributed by atoms with E-state index in [0.717, 1.165) is 37.9 Å². The second-order valence-corrected chi connectivity index (χ2v) is 9.40. The number of fused-ring (bicyclic) bond motifs is 2. The summed E-state index contributed by atoms with van der Waals surface area (Å²) in [6, 6.07) is 3.43. The standard InChI is InChI=1S/C23H26F3N7O3/c24-23(25,26)13-1-4-19(29-10-13)36-11-12-7-14-2-3-15(8-12)33(14)22-31-17(20(27)34)9-18(32-22)30-16-5-6-28-21(16)35/h1,4,9-10,12,14-16H,2-3,5-8,11H2,(H2,27,34)(H,28,35)(H,30,31,32)/t12-,14+,15-,16-/m0/s1. The number of hydrogen-bond donors (Lipinski definition) is 3. The van der Waals surface area contributed by atoms with Gasteiger partial charge in [0.05, 0.1) is 12.2 Å². The average molecular weight is 506 g/mol. The molecule has 0 saturated carbocycles. The fourth-order valence-electron chi connectivity index (χ4n) is 5.25. The number of carbonyl (C=O) groups excluding carboxylic acids is 2. The van der Waals surface area contributed by atoms with Crippen LogP contribution in [0.5, 0.6) is 5.88 Å². The molecule has 3 aliphatic rings. The molecule has 4 N–H and O–H groups in total. The van der Waals surface area contributed by atoms with Crippen LogP contribution in [-0.2, 0) is 11.0 Å². The fraction of sp³-hybridized carbons (Fsp3) is 0.522. The molecule has 2 amide bonds. The Morgan fingerprint density at radius 2 is 1.94 bits per heavy atom. The number of nitrogens with one attached hydrogen (secondary N) is 2. The van der Waals surface area contributed by atoms with E-state index in [4.69, 9.17) is 10.5 Å². The van der Waals surface area contributed by atoms with E-state index in [-0.39, 0.29) is 35.5 Å². The van der Waals surface area contributed by atoms with Crippen molar-refractivity contribution in [3.63, 3.8) is 0 Å². The molecule has 13 heteroatoms. The average Bonchev–Trinajstić information content (AvgIpc) is 3.36. The third kappa shape index (κ3) is 5.00. The summed E-state index contributed by atoms with van der Waals surface area (Å²) in [5, 5.41) is 5.84. The molecule has 0 radical (unpaired) electrons. The van der Waals surface area contributed by atoms with Crippen molar-refractivity contribution < 1.29 is 27.5 Å². The second-order valence-electron chi connectivity index (χ2n) is 9.40. The first-order chi connectivity index (χ1) is 17.2. The predicted octanol–water partition coefficient (Wildman–Crippen LogP) is 2.12. The maximum absolute atomic E-state index is 12.7. The molecule has 2 aromatic rings. The van der Waals surface area contributed by atoms with Gasteiger partial charge in [-0.05, 0) is 44.1 Å². The number of anilines is 2. The Hall–Kier alpha value is -3.64. The minimum Gasteiger partial charge on any atom is -0.477 e. The molecule has 3 aliphatic heterocycles. The Kier molecular flexibility index (Phi) is 6.31. The SMILES string of the molecule is NC(=O)c1cc(N[C@H]2CCNC2=O)nc(N2[C@@H]3CC[C@H]2C[C@@H](COc2ccc(C(F)(F)F)cn2)C3)n1. The number of rotatable bonds is 7. The summed E-state index contributed by atoms with van der Waals surface area (Å²) < 4.78 is 43.9. The molecule has 4 atom stereocenters. The summed E-state index contributed by atoms with van der Waals surface area (Å²) in [7, 11) is 0. The van der Waals surface area contributed by atoms with Gasteiger partial charge in [0.2, 0.25) is 17.7 Å². The first-order valence-electron chi connectivity index (χ1n) is 11.8. The molecule has 10 nitrogen and oxygen atoms in total. The van der Waals surface area contributed by atoms with E-state index in [1.54, 1.807) is 0 Å². The van der Waals surface area contributed by atoms with Gasteiger partial charge in [-0.2, -0.15) is 18.2 Å². The van der Waals surface area contributed by atoms with Crippen LogP contribution in [0.25, 0.3) is 0 Å². The van der Waals surface area contributed by atoms with E-state index < -0.39 is 23.7 Å². The molecule has 5 heterocycles. The number of amides is 2. The van der Waals surface area contributed by atoms with Gasteiger partial charge < -0.3 is 26.0 Å². The van der Waals surface area contributed by atoms with Gasteiger partial charge in [0, 0.05) is 37.0 Å². The number of hydrogen-bond acceptors (Lipinski definition) is 8. The maximum Gasteiger partial charge on any atom is 0.417 e. The zero-order valence-electron chi connectivity index (χ0n) is 19.3. The molecule has 3 fully saturated rings. The number of carbonyl (C=O) groups is 2. The predicted molar refractivity (Wildman–Crippen MR) is 122 cm³/mol. The Bertz CT molecular complexity index is 1130. The first kappa shape index (κ1) is 24.1. The number of ether oxygens (including phenoxy) is 1. The van der Waals surface area contributed by atoms with Crippen LogP contribution in [0.3, 0.4) is 0 Å². The number of alkyl halides is 3. The van der Waals surface area contributed by atoms with Crippen molar-refractivity contribution in [2.24, 2.45) is 11.7 Å². The van der Waals surface area contributed by atoms with Crippen LogP contribution in [0.2, 0.25) is 0 Å². The molecule has 0 aromatic carbocycles. The van der Waals surface area contributed by atoms with Gasteiger partial charge in [-0.15, -0.1) is 0 Å². The fourth-order valence-corrected chi connectivity index (χ4v) is 5.25. The first-order valence-corrected chi connectivity index (χ1v) is 11.8. The van der Waals surface area contributed by atoms with Crippen molar-refractivity contribution in [2.45, 2.75) is 56.4 Å². The van der Waals surface area contributed by atoms with Crippen molar-refractivity contribution in [2.75, 3.05) is 23.4 Å². The van der Waals surface area contributed by atoms with Crippen LogP contribution in [-0.4, -0.2) is 58.0 Å². The van der Waals surface area contributed by atoms with Crippen molar-refractivity contribution in [3.8, 4) is 5.88 Å². The number of nitrogens with two attached hydrogens (primary N) is 1. The van der Waals surface area contributed by atoms with E-state index in [0.29, 0.717) is 31.3 Å². The molecule has 0 spiro atoms. The lowest BCUT2D eigenvalue weighted by atomic mass is 9.91. The quantitative estimate of drug-likeness (QED) is 0.521. The molecular formula is C23H26F3N7O3. The third-order valence-electron chi connectivity index (χ3n) is 6.93. The molecule has 2 aromatic heterocycles. The van der Waals surface area contributed by atoms with Crippen LogP contribution < -0.4 is 26.0 Å². The lowest BCUT2D eigenvalue weighted by Gasteiger charge is -2.39. The number of halogens is 3. The minimum atomic E-state index is -4.44. The summed E-state index contributed by atoms with van der Waals surface area (Å²) in [6.45, 7) is 0.907.